The smallest absolute Gasteiger partial charge is 0.253 e. The van der Waals surface area contributed by atoms with Crippen LogP contribution < -0.4 is 5.32 Å². The van der Waals surface area contributed by atoms with Crippen molar-refractivity contribution in [1.29, 1.82) is 0 Å². The summed E-state index contributed by atoms with van der Waals surface area (Å²) in [6.45, 7) is 5.36. The van der Waals surface area contributed by atoms with E-state index in [9.17, 15) is 4.79 Å². The highest BCUT2D eigenvalue weighted by atomic mass is 16.1. The number of rotatable bonds is 2. The van der Waals surface area contributed by atoms with Crippen LogP contribution in [0.3, 0.4) is 0 Å². The maximum atomic E-state index is 12.4. The second-order valence-corrected chi connectivity index (χ2v) is 6.39. The molecule has 2 saturated heterocycles. The first-order valence-electron chi connectivity index (χ1n) is 7.66. The molecule has 0 radical (unpaired) electrons. The van der Waals surface area contributed by atoms with Gasteiger partial charge in [-0.25, -0.2) is 4.98 Å². The molecule has 1 amide bonds. The van der Waals surface area contributed by atoms with E-state index in [0.29, 0.717) is 11.6 Å². The van der Waals surface area contributed by atoms with E-state index in [1.54, 1.807) is 0 Å². The number of nitrogens with one attached hydrogen (secondary N) is 1. The molecule has 3 atom stereocenters. The van der Waals surface area contributed by atoms with Gasteiger partial charge < -0.3 is 14.6 Å². The lowest BCUT2D eigenvalue weighted by molar-refractivity contribution is 0.0909. The van der Waals surface area contributed by atoms with Gasteiger partial charge in [-0.2, -0.15) is 0 Å². The summed E-state index contributed by atoms with van der Waals surface area (Å²) in [5.74, 6) is 0.790. The number of nitrogens with zero attached hydrogens (tertiary/aromatic N) is 3. The van der Waals surface area contributed by atoms with Crippen LogP contribution in [0.4, 0.5) is 0 Å². The van der Waals surface area contributed by atoms with Crippen molar-refractivity contribution in [2.45, 2.75) is 25.8 Å². The van der Waals surface area contributed by atoms with E-state index in [-0.39, 0.29) is 5.91 Å². The first kappa shape index (κ1) is 12.8. The van der Waals surface area contributed by atoms with Gasteiger partial charge in [0.05, 0.1) is 11.3 Å². The predicted molar refractivity (Wildman–Crippen MR) is 80.3 cm³/mol. The molecule has 4 heterocycles. The zero-order valence-electron chi connectivity index (χ0n) is 12.2. The number of hydrogen-bond acceptors (Lipinski definition) is 3. The third-order valence-electron chi connectivity index (χ3n) is 4.64. The Balaban J connectivity index is 1.50. The van der Waals surface area contributed by atoms with Crippen LogP contribution in [0.25, 0.3) is 5.65 Å². The van der Waals surface area contributed by atoms with E-state index in [1.165, 1.54) is 19.5 Å². The highest BCUT2D eigenvalue weighted by molar-refractivity contribution is 5.94. The first-order valence-corrected chi connectivity index (χ1v) is 7.66. The van der Waals surface area contributed by atoms with Crippen LogP contribution in [-0.4, -0.2) is 45.9 Å². The van der Waals surface area contributed by atoms with Crippen molar-refractivity contribution in [1.82, 2.24) is 19.6 Å². The molecule has 21 heavy (non-hydrogen) atoms. The number of amides is 1. The van der Waals surface area contributed by atoms with Crippen molar-refractivity contribution in [2.75, 3.05) is 19.6 Å². The van der Waals surface area contributed by atoms with Crippen LogP contribution in [-0.2, 0) is 0 Å². The molecule has 2 aromatic heterocycles. The Morgan fingerprint density at radius 1 is 1.33 bits per heavy atom. The summed E-state index contributed by atoms with van der Waals surface area (Å²) in [6, 6.07) is 4.05. The van der Waals surface area contributed by atoms with E-state index < -0.39 is 0 Å². The summed E-state index contributed by atoms with van der Waals surface area (Å²) >= 11 is 0. The van der Waals surface area contributed by atoms with E-state index in [4.69, 9.17) is 0 Å². The number of aromatic nitrogens is 2. The van der Waals surface area contributed by atoms with Gasteiger partial charge in [-0.1, -0.05) is 0 Å². The fraction of sp³-hybridized carbons (Fsp3) is 0.500. The van der Waals surface area contributed by atoms with Gasteiger partial charge in [-0.05, 0) is 44.4 Å². The zero-order chi connectivity index (χ0) is 14.4. The van der Waals surface area contributed by atoms with Crippen molar-refractivity contribution in [3.8, 4) is 0 Å². The number of pyridine rings is 1. The highest BCUT2D eigenvalue weighted by Gasteiger charge is 2.32. The van der Waals surface area contributed by atoms with Crippen molar-refractivity contribution >= 4 is 11.6 Å². The number of carbonyl (C=O) groups is 1. The Bertz CT molecular complexity index is 681. The molecule has 2 aromatic rings. The maximum Gasteiger partial charge on any atom is 0.253 e. The topological polar surface area (TPSA) is 49.6 Å². The Kier molecular flexibility index (Phi) is 2.96. The van der Waals surface area contributed by atoms with Gasteiger partial charge >= 0.3 is 0 Å². The number of hydrogen-bond donors (Lipinski definition) is 1. The standard InChI is InChI=1S/C16H20N4O/c1-11-7-20-9-13(2-3-15(20)17-11)16(21)18-14-6-12-4-5-19(8-12)10-14/h2-3,7,9,12,14H,4-6,8,10H2,1H3,(H,18,21)/t12-,14+/m0/s1. The summed E-state index contributed by atoms with van der Waals surface area (Å²) in [5, 5.41) is 3.19. The Hall–Kier alpha value is -1.88. The van der Waals surface area contributed by atoms with Crippen LogP contribution in [0, 0.1) is 12.8 Å². The molecule has 2 aliphatic rings. The van der Waals surface area contributed by atoms with Gasteiger partial charge in [0, 0.05) is 31.5 Å². The van der Waals surface area contributed by atoms with E-state index >= 15 is 0 Å². The van der Waals surface area contributed by atoms with Crippen LogP contribution in [0.15, 0.2) is 24.5 Å². The van der Waals surface area contributed by atoms with Crippen molar-refractivity contribution in [3.05, 3.63) is 35.8 Å². The molecule has 2 fully saturated rings. The second-order valence-electron chi connectivity index (χ2n) is 6.39. The summed E-state index contributed by atoms with van der Waals surface area (Å²) < 4.78 is 1.91. The van der Waals surface area contributed by atoms with Crippen LogP contribution in [0.5, 0.6) is 0 Å². The van der Waals surface area contributed by atoms with Crippen molar-refractivity contribution in [3.63, 3.8) is 0 Å². The summed E-state index contributed by atoms with van der Waals surface area (Å²) in [4.78, 5) is 19.3. The van der Waals surface area contributed by atoms with Crippen LogP contribution >= 0.6 is 0 Å². The Labute approximate surface area is 124 Å². The Morgan fingerprint density at radius 3 is 3.10 bits per heavy atom. The number of carbonyl (C=O) groups excluding carboxylic acids is 1. The maximum absolute atomic E-state index is 12.4. The minimum absolute atomic E-state index is 0.0238. The highest BCUT2D eigenvalue weighted by Crippen LogP contribution is 2.26. The molecule has 4 rings (SSSR count). The molecule has 1 unspecified atom stereocenters. The largest absolute Gasteiger partial charge is 0.348 e. The molecular formula is C16H20N4O. The van der Waals surface area contributed by atoms with E-state index in [2.05, 4.69) is 15.2 Å². The van der Waals surface area contributed by atoms with E-state index in [0.717, 1.165) is 30.2 Å². The lowest BCUT2D eigenvalue weighted by Crippen LogP contribution is -2.47. The van der Waals surface area contributed by atoms with Gasteiger partial charge in [0.1, 0.15) is 5.65 Å². The number of piperidine rings is 1. The summed E-state index contributed by atoms with van der Waals surface area (Å²) in [5.41, 5.74) is 2.54. The van der Waals surface area contributed by atoms with Crippen LogP contribution in [0.2, 0.25) is 0 Å². The summed E-state index contributed by atoms with van der Waals surface area (Å²) in [6.07, 6.45) is 6.21. The SMILES string of the molecule is Cc1cn2cc(C(=O)N[C@@H]3C[C@@H]4CCN(C4)C3)ccc2n1. The van der Waals surface area contributed by atoms with Gasteiger partial charge in [0.15, 0.2) is 0 Å². The molecule has 5 nitrogen and oxygen atoms in total. The normalized spacial score (nSPS) is 28.0. The molecule has 2 aliphatic heterocycles. The minimum atomic E-state index is 0.0238. The molecular weight excluding hydrogens is 264 g/mol. The third kappa shape index (κ3) is 2.42. The van der Waals surface area contributed by atoms with Crippen molar-refractivity contribution < 1.29 is 4.79 Å². The lowest BCUT2D eigenvalue weighted by Gasteiger charge is -2.30. The molecule has 0 aliphatic carbocycles. The number of imidazole rings is 1. The summed E-state index contributed by atoms with van der Waals surface area (Å²) in [7, 11) is 0. The fourth-order valence-corrected chi connectivity index (χ4v) is 3.69. The monoisotopic (exact) mass is 284 g/mol. The number of aryl methyl sites for hydroxylation is 1. The van der Waals surface area contributed by atoms with Crippen molar-refractivity contribution in [2.24, 2.45) is 5.92 Å². The average molecular weight is 284 g/mol. The second kappa shape index (κ2) is 4.84. The van der Waals surface area contributed by atoms with Crippen LogP contribution in [0.1, 0.15) is 28.9 Å². The van der Waals surface area contributed by atoms with E-state index in [1.807, 2.05) is 35.9 Å². The molecule has 110 valence electrons. The number of fused-ring (bicyclic) bond motifs is 3. The van der Waals surface area contributed by atoms with Gasteiger partial charge in [0.2, 0.25) is 0 Å². The fourth-order valence-electron chi connectivity index (χ4n) is 3.69. The first-order chi connectivity index (χ1) is 10.2. The molecule has 1 N–H and O–H groups in total. The molecule has 0 saturated carbocycles. The van der Waals surface area contributed by atoms with Gasteiger partial charge in [0.25, 0.3) is 5.91 Å². The van der Waals surface area contributed by atoms with Gasteiger partial charge in [-0.3, -0.25) is 4.79 Å². The molecule has 5 heteroatoms. The molecule has 2 bridgehead atoms. The minimum Gasteiger partial charge on any atom is -0.348 e. The predicted octanol–water partition coefficient (Wildman–Crippen LogP) is 1.47. The third-order valence-corrected chi connectivity index (χ3v) is 4.64. The average Bonchev–Trinajstić information content (AvgIpc) is 2.99. The molecule has 0 spiro atoms. The lowest BCUT2D eigenvalue weighted by atomic mass is 9.96. The molecule has 0 aromatic carbocycles. The van der Waals surface area contributed by atoms with Gasteiger partial charge in [-0.15, -0.1) is 0 Å². The Morgan fingerprint density at radius 2 is 2.24 bits per heavy atom. The zero-order valence-corrected chi connectivity index (χ0v) is 12.2. The quantitative estimate of drug-likeness (QED) is 0.908.